The molecule has 1 aliphatic rings. The van der Waals surface area contributed by atoms with Crippen molar-refractivity contribution in [2.24, 2.45) is 0 Å². The molecule has 1 aliphatic heterocycles. The van der Waals surface area contributed by atoms with Crippen LogP contribution in [0.3, 0.4) is 0 Å². The standard InChI is InChI=1S/C19H11Cl2NO2/c20-11-5-7-14(16(21)9-11)18-8-6-12(24-18)10-15-13-3-1-2-4-17(13)22-19(15)23/h1-10H,(H,22,23)/b15-10-. The van der Waals surface area contributed by atoms with Crippen molar-refractivity contribution < 1.29 is 9.21 Å². The van der Waals surface area contributed by atoms with E-state index in [0.29, 0.717) is 27.1 Å². The number of carbonyl (C=O) groups is 1. The highest BCUT2D eigenvalue weighted by molar-refractivity contribution is 6.36. The van der Waals surface area contributed by atoms with Crippen molar-refractivity contribution >= 4 is 46.4 Å². The molecule has 1 amide bonds. The molecule has 0 bridgehead atoms. The number of carbonyl (C=O) groups excluding carboxylic acids is 1. The molecule has 3 nitrogen and oxygen atoms in total. The molecule has 3 aromatic rings. The normalized spacial score (nSPS) is 14.8. The lowest BCUT2D eigenvalue weighted by atomic mass is 10.1. The van der Waals surface area contributed by atoms with Gasteiger partial charge in [0, 0.05) is 21.8 Å². The second kappa shape index (κ2) is 5.86. The van der Waals surface area contributed by atoms with Crippen LogP contribution >= 0.6 is 23.2 Å². The highest BCUT2D eigenvalue weighted by Crippen LogP contribution is 2.35. The van der Waals surface area contributed by atoms with Crippen molar-refractivity contribution in [2.45, 2.75) is 0 Å². The molecule has 24 heavy (non-hydrogen) atoms. The first-order valence-corrected chi connectivity index (χ1v) is 8.05. The quantitative estimate of drug-likeness (QED) is 0.595. The summed E-state index contributed by atoms with van der Waals surface area (Å²) < 4.78 is 5.83. The van der Waals surface area contributed by atoms with Crippen LogP contribution in [0, 0.1) is 0 Å². The molecule has 1 N–H and O–H groups in total. The highest BCUT2D eigenvalue weighted by Gasteiger charge is 2.23. The molecule has 0 saturated carbocycles. The summed E-state index contributed by atoms with van der Waals surface area (Å²) in [5.74, 6) is 1.06. The maximum atomic E-state index is 12.1. The van der Waals surface area contributed by atoms with Crippen LogP contribution in [-0.2, 0) is 4.79 Å². The summed E-state index contributed by atoms with van der Waals surface area (Å²) in [6, 6.07) is 16.4. The molecule has 0 unspecified atom stereocenters. The van der Waals surface area contributed by atoms with Gasteiger partial charge in [-0.15, -0.1) is 0 Å². The number of rotatable bonds is 2. The fourth-order valence-corrected chi connectivity index (χ4v) is 3.19. The minimum Gasteiger partial charge on any atom is -0.457 e. The maximum absolute atomic E-state index is 12.1. The first-order chi connectivity index (χ1) is 11.6. The van der Waals surface area contributed by atoms with Crippen LogP contribution < -0.4 is 5.32 Å². The molecule has 0 fully saturated rings. The maximum Gasteiger partial charge on any atom is 0.256 e. The average Bonchev–Trinajstić information content (AvgIpc) is 3.13. The zero-order valence-corrected chi connectivity index (χ0v) is 13.9. The largest absolute Gasteiger partial charge is 0.457 e. The second-order valence-electron chi connectivity index (χ2n) is 5.38. The molecule has 2 aromatic carbocycles. The lowest BCUT2D eigenvalue weighted by molar-refractivity contribution is -0.110. The Balaban J connectivity index is 1.72. The van der Waals surface area contributed by atoms with E-state index in [1.54, 1.807) is 24.3 Å². The molecular weight excluding hydrogens is 345 g/mol. The van der Waals surface area contributed by atoms with E-state index in [1.165, 1.54) is 0 Å². The van der Waals surface area contributed by atoms with Gasteiger partial charge in [-0.1, -0.05) is 41.4 Å². The van der Waals surface area contributed by atoms with Crippen LogP contribution in [0.25, 0.3) is 23.0 Å². The molecule has 0 spiro atoms. The minimum absolute atomic E-state index is 0.140. The molecule has 118 valence electrons. The van der Waals surface area contributed by atoms with Crippen molar-refractivity contribution in [3.63, 3.8) is 0 Å². The molecule has 4 rings (SSSR count). The van der Waals surface area contributed by atoms with Gasteiger partial charge in [0.05, 0.1) is 10.6 Å². The first kappa shape index (κ1) is 15.1. The van der Waals surface area contributed by atoms with Gasteiger partial charge in [-0.3, -0.25) is 4.79 Å². The van der Waals surface area contributed by atoms with Crippen molar-refractivity contribution in [1.82, 2.24) is 0 Å². The molecule has 2 heterocycles. The third-order valence-corrected chi connectivity index (χ3v) is 4.37. The number of furan rings is 1. The van der Waals surface area contributed by atoms with E-state index in [0.717, 1.165) is 16.8 Å². The van der Waals surface area contributed by atoms with E-state index >= 15 is 0 Å². The molecule has 0 atom stereocenters. The van der Waals surface area contributed by atoms with Crippen molar-refractivity contribution in [2.75, 3.05) is 5.32 Å². The monoisotopic (exact) mass is 355 g/mol. The smallest absolute Gasteiger partial charge is 0.256 e. The fourth-order valence-electron chi connectivity index (χ4n) is 2.69. The summed E-state index contributed by atoms with van der Waals surface area (Å²) in [6.07, 6.45) is 1.73. The molecule has 0 radical (unpaired) electrons. The van der Waals surface area contributed by atoms with E-state index in [9.17, 15) is 4.79 Å². The topological polar surface area (TPSA) is 42.2 Å². The average molecular weight is 356 g/mol. The number of amides is 1. The molecule has 0 aliphatic carbocycles. The van der Waals surface area contributed by atoms with Crippen LogP contribution in [-0.4, -0.2) is 5.91 Å². The van der Waals surface area contributed by atoms with Gasteiger partial charge in [0.25, 0.3) is 5.91 Å². The predicted molar refractivity (Wildman–Crippen MR) is 97.1 cm³/mol. The summed E-state index contributed by atoms with van der Waals surface area (Å²) in [5.41, 5.74) is 3.00. The summed E-state index contributed by atoms with van der Waals surface area (Å²) in [4.78, 5) is 12.1. The number of benzene rings is 2. The van der Waals surface area contributed by atoms with E-state index in [-0.39, 0.29) is 5.91 Å². The van der Waals surface area contributed by atoms with Crippen LogP contribution in [0.5, 0.6) is 0 Å². The third kappa shape index (κ3) is 2.62. The van der Waals surface area contributed by atoms with Gasteiger partial charge >= 0.3 is 0 Å². The lowest BCUT2D eigenvalue weighted by Crippen LogP contribution is -2.03. The van der Waals surface area contributed by atoms with E-state index in [2.05, 4.69) is 5.32 Å². The number of hydrogen-bond donors (Lipinski definition) is 1. The van der Waals surface area contributed by atoms with Crippen molar-refractivity contribution in [1.29, 1.82) is 0 Å². The van der Waals surface area contributed by atoms with Gasteiger partial charge < -0.3 is 9.73 Å². The Labute approximate surface area is 148 Å². The Morgan fingerprint density at radius 2 is 1.79 bits per heavy atom. The summed E-state index contributed by atoms with van der Waals surface area (Å²) in [5, 5.41) is 3.92. The van der Waals surface area contributed by atoms with Crippen LogP contribution in [0.15, 0.2) is 59.0 Å². The lowest BCUT2D eigenvalue weighted by Gasteiger charge is -2.01. The second-order valence-corrected chi connectivity index (χ2v) is 6.23. The Morgan fingerprint density at radius 3 is 2.62 bits per heavy atom. The van der Waals surface area contributed by atoms with E-state index in [1.807, 2.05) is 36.4 Å². The number of para-hydroxylation sites is 1. The minimum atomic E-state index is -0.140. The number of fused-ring (bicyclic) bond motifs is 1. The SMILES string of the molecule is O=C1Nc2ccccc2/C1=C/c1ccc(-c2ccc(Cl)cc2Cl)o1. The molecule has 0 saturated heterocycles. The van der Waals surface area contributed by atoms with Crippen molar-refractivity contribution in [3.8, 4) is 11.3 Å². The summed E-state index contributed by atoms with van der Waals surface area (Å²) in [7, 11) is 0. The van der Waals surface area contributed by atoms with Gasteiger partial charge in [-0.05, 0) is 42.5 Å². The van der Waals surface area contributed by atoms with Crippen LogP contribution in [0.1, 0.15) is 11.3 Å². The predicted octanol–water partition coefficient (Wildman–Crippen LogP) is 5.75. The Hall–Kier alpha value is -2.49. The van der Waals surface area contributed by atoms with Gasteiger partial charge in [-0.25, -0.2) is 0 Å². The molecule has 5 heteroatoms. The fraction of sp³-hybridized carbons (Fsp3) is 0. The van der Waals surface area contributed by atoms with E-state index in [4.69, 9.17) is 27.6 Å². The zero-order chi connectivity index (χ0) is 16.7. The van der Waals surface area contributed by atoms with Crippen LogP contribution in [0.4, 0.5) is 5.69 Å². The van der Waals surface area contributed by atoms with Gasteiger partial charge in [0.15, 0.2) is 0 Å². The third-order valence-electron chi connectivity index (χ3n) is 3.82. The molecule has 1 aromatic heterocycles. The van der Waals surface area contributed by atoms with Gasteiger partial charge in [0.2, 0.25) is 0 Å². The number of hydrogen-bond acceptors (Lipinski definition) is 2. The summed E-state index contributed by atoms with van der Waals surface area (Å²) in [6.45, 7) is 0. The Bertz CT molecular complexity index is 989. The van der Waals surface area contributed by atoms with Gasteiger partial charge in [-0.2, -0.15) is 0 Å². The Kier molecular flexibility index (Phi) is 3.68. The van der Waals surface area contributed by atoms with Crippen LogP contribution in [0.2, 0.25) is 10.0 Å². The Morgan fingerprint density at radius 1 is 0.958 bits per heavy atom. The number of anilines is 1. The zero-order valence-electron chi connectivity index (χ0n) is 12.3. The number of halogens is 2. The van der Waals surface area contributed by atoms with Gasteiger partial charge in [0.1, 0.15) is 11.5 Å². The first-order valence-electron chi connectivity index (χ1n) is 7.29. The van der Waals surface area contributed by atoms with Crippen molar-refractivity contribution in [3.05, 3.63) is 76.0 Å². The number of nitrogens with one attached hydrogen (secondary N) is 1. The molecular formula is C19H11Cl2NO2. The summed E-state index contributed by atoms with van der Waals surface area (Å²) >= 11 is 12.1. The van der Waals surface area contributed by atoms with E-state index < -0.39 is 0 Å². The highest BCUT2D eigenvalue weighted by atomic mass is 35.5.